The van der Waals surface area contributed by atoms with E-state index in [4.69, 9.17) is 4.98 Å². The molecule has 0 atom stereocenters. The fourth-order valence-electron chi connectivity index (χ4n) is 5.40. The number of para-hydroxylation sites is 3. The molecular formula is C31H22N4O. The third-order valence-electron chi connectivity index (χ3n) is 6.94. The number of pyridine rings is 1. The van der Waals surface area contributed by atoms with E-state index < -0.39 is 0 Å². The molecule has 4 aromatic carbocycles. The molecule has 7 aromatic rings. The highest BCUT2D eigenvalue weighted by Crippen LogP contribution is 2.41. The van der Waals surface area contributed by atoms with Gasteiger partial charge >= 0.3 is 0 Å². The van der Waals surface area contributed by atoms with Gasteiger partial charge in [-0.05, 0) is 42.1 Å². The van der Waals surface area contributed by atoms with Gasteiger partial charge in [0.15, 0.2) is 5.82 Å². The summed E-state index contributed by atoms with van der Waals surface area (Å²) in [6.45, 7) is 2.89. The molecule has 0 aliphatic carbocycles. The lowest BCUT2D eigenvalue weighted by Gasteiger charge is -2.20. The Kier molecular flexibility index (Phi) is 4.51. The third kappa shape index (κ3) is 2.86. The number of imidazole rings is 1. The van der Waals surface area contributed by atoms with E-state index in [0.717, 1.165) is 56.5 Å². The van der Waals surface area contributed by atoms with Crippen molar-refractivity contribution in [2.75, 3.05) is 0 Å². The summed E-state index contributed by atoms with van der Waals surface area (Å²) in [7, 11) is 0. The van der Waals surface area contributed by atoms with Crippen molar-refractivity contribution in [3.8, 4) is 22.6 Å². The number of rotatable bonds is 3. The molecule has 3 aromatic heterocycles. The molecule has 5 heteroatoms. The molecule has 0 N–H and O–H groups in total. The maximum absolute atomic E-state index is 13.2. The van der Waals surface area contributed by atoms with Crippen molar-refractivity contribution in [2.45, 2.75) is 13.5 Å². The van der Waals surface area contributed by atoms with Gasteiger partial charge < -0.3 is 4.57 Å². The number of nitrogens with zero attached hydrogens (tertiary/aromatic N) is 4. The molecule has 0 fully saturated rings. The van der Waals surface area contributed by atoms with Crippen molar-refractivity contribution in [1.82, 2.24) is 18.9 Å². The number of benzene rings is 4. The van der Waals surface area contributed by atoms with Crippen LogP contribution in [0.3, 0.4) is 0 Å². The number of fused-ring (bicyclic) bond motifs is 6. The minimum atomic E-state index is -0.224. The van der Waals surface area contributed by atoms with E-state index in [2.05, 4.69) is 57.3 Å². The zero-order chi connectivity index (χ0) is 24.2. The lowest BCUT2D eigenvalue weighted by molar-refractivity contribution is 0.792. The van der Waals surface area contributed by atoms with Crippen LogP contribution in [0.4, 0.5) is 0 Å². The highest BCUT2D eigenvalue weighted by Gasteiger charge is 2.24. The molecule has 0 amide bonds. The van der Waals surface area contributed by atoms with Crippen molar-refractivity contribution in [1.29, 1.82) is 0 Å². The van der Waals surface area contributed by atoms with Gasteiger partial charge in [0.1, 0.15) is 5.65 Å². The summed E-state index contributed by atoms with van der Waals surface area (Å²) in [6, 6.07) is 34.5. The Morgan fingerprint density at radius 3 is 2.08 bits per heavy atom. The second-order valence-corrected chi connectivity index (χ2v) is 8.90. The molecule has 7 rings (SSSR count). The first-order chi connectivity index (χ1) is 17.8. The van der Waals surface area contributed by atoms with Gasteiger partial charge in [0.2, 0.25) is 0 Å². The van der Waals surface area contributed by atoms with Crippen LogP contribution in [0.1, 0.15) is 6.92 Å². The van der Waals surface area contributed by atoms with Crippen LogP contribution in [0.15, 0.2) is 108 Å². The quantitative estimate of drug-likeness (QED) is 0.272. The summed E-state index contributed by atoms with van der Waals surface area (Å²) < 4.78 is 4.38. The normalized spacial score (nSPS) is 11.7. The van der Waals surface area contributed by atoms with Crippen LogP contribution in [-0.4, -0.2) is 18.9 Å². The maximum Gasteiger partial charge on any atom is 0.281 e. The van der Waals surface area contributed by atoms with Crippen molar-refractivity contribution in [2.24, 2.45) is 0 Å². The van der Waals surface area contributed by atoms with E-state index >= 15 is 0 Å². The van der Waals surface area contributed by atoms with Gasteiger partial charge in [-0.25, -0.2) is 4.98 Å². The van der Waals surface area contributed by atoms with Gasteiger partial charge in [-0.1, -0.05) is 78.9 Å². The predicted octanol–water partition coefficient (Wildman–Crippen LogP) is 6.70. The Balaban J connectivity index is 1.83. The standard InChI is InChI=1S/C31H22N4O/c1-2-34-26-19-11-9-17-24(26)32-30(34)28-27(20-12-4-3-5-13-20)21-14-6-7-15-22(21)29-33-31(36)23-16-8-10-18-25(23)35(28)29/h3-19H,2H2,1H3. The summed E-state index contributed by atoms with van der Waals surface area (Å²) in [4.78, 5) is 23.0. The lowest BCUT2D eigenvalue weighted by Crippen LogP contribution is -2.14. The SMILES string of the molecule is CCn1c(-c2c(-c3ccccc3)c3ccccc3c3nc(=O)c4ccccc4n23)nc2ccccc21. The fraction of sp³-hybridized carbons (Fsp3) is 0.0645. The molecule has 0 bridgehead atoms. The molecule has 0 radical (unpaired) electrons. The summed E-state index contributed by atoms with van der Waals surface area (Å²) >= 11 is 0. The minimum absolute atomic E-state index is 0.224. The molecular weight excluding hydrogens is 444 g/mol. The van der Waals surface area contributed by atoms with Crippen LogP contribution < -0.4 is 5.56 Å². The van der Waals surface area contributed by atoms with E-state index in [-0.39, 0.29) is 5.56 Å². The van der Waals surface area contributed by atoms with Gasteiger partial charge in [-0.2, -0.15) is 4.98 Å². The molecule has 0 aliphatic rings. The van der Waals surface area contributed by atoms with Gasteiger partial charge in [-0.3, -0.25) is 9.20 Å². The molecule has 0 spiro atoms. The van der Waals surface area contributed by atoms with Crippen LogP contribution in [0.2, 0.25) is 0 Å². The number of aryl methyl sites for hydroxylation is 1. The Morgan fingerprint density at radius 2 is 1.31 bits per heavy atom. The van der Waals surface area contributed by atoms with E-state index in [0.29, 0.717) is 11.0 Å². The molecule has 3 heterocycles. The zero-order valence-electron chi connectivity index (χ0n) is 19.7. The predicted molar refractivity (Wildman–Crippen MR) is 146 cm³/mol. The van der Waals surface area contributed by atoms with E-state index in [1.807, 2.05) is 66.7 Å². The summed E-state index contributed by atoms with van der Waals surface area (Å²) in [5.74, 6) is 0.851. The van der Waals surface area contributed by atoms with E-state index in [1.54, 1.807) is 0 Å². The van der Waals surface area contributed by atoms with Gasteiger partial charge in [0.05, 0.1) is 27.6 Å². The van der Waals surface area contributed by atoms with Crippen molar-refractivity contribution in [3.05, 3.63) is 113 Å². The molecule has 36 heavy (non-hydrogen) atoms. The molecule has 172 valence electrons. The summed E-state index contributed by atoms with van der Waals surface area (Å²) in [5.41, 5.74) is 6.33. The lowest BCUT2D eigenvalue weighted by atomic mass is 9.96. The topological polar surface area (TPSA) is 52.2 Å². The van der Waals surface area contributed by atoms with Crippen LogP contribution in [-0.2, 0) is 6.54 Å². The second-order valence-electron chi connectivity index (χ2n) is 8.90. The van der Waals surface area contributed by atoms with Crippen molar-refractivity contribution in [3.63, 3.8) is 0 Å². The number of aromatic nitrogens is 4. The number of hydrogen-bond acceptors (Lipinski definition) is 3. The van der Waals surface area contributed by atoms with Gasteiger partial charge in [0, 0.05) is 17.5 Å². The van der Waals surface area contributed by atoms with Crippen LogP contribution in [0, 0.1) is 0 Å². The Bertz CT molecular complexity index is 2000. The largest absolute Gasteiger partial charge is 0.323 e. The van der Waals surface area contributed by atoms with Gasteiger partial charge in [-0.15, -0.1) is 0 Å². The first kappa shape index (κ1) is 20.6. The summed E-state index contributed by atoms with van der Waals surface area (Å²) in [6.07, 6.45) is 0. The minimum Gasteiger partial charge on any atom is -0.323 e. The van der Waals surface area contributed by atoms with Crippen molar-refractivity contribution >= 4 is 38.4 Å². The average Bonchev–Trinajstić information content (AvgIpc) is 3.31. The van der Waals surface area contributed by atoms with Crippen LogP contribution in [0.5, 0.6) is 0 Å². The number of hydrogen-bond donors (Lipinski definition) is 0. The molecule has 0 saturated heterocycles. The second kappa shape index (κ2) is 7.89. The van der Waals surface area contributed by atoms with Crippen molar-refractivity contribution < 1.29 is 0 Å². The van der Waals surface area contributed by atoms with Crippen LogP contribution >= 0.6 is 0 Å². The average molecular weight is 467 g/mol. The van der Waals surface area contributed by atoms with E-state index in [9.17, 15) is 4.79 Å². The van der Waals surface area contributed by atoms with Gasteiger partial charge in [0.25, 0.3) is 5.56 Å². The maximum atomic E-state index is 13.2. The molecule has 0 aliphatic heterocycles. The molecule has 0 saturated carbocycles. The highest BCUT2D eigenvalue weighted by atomic mass is 16.1. The van der Waals surface area contributed by atoms with E-state index in [1.165, 1.54) is 0 Å². The molecule has 5 nitrogen and oxygen atoms in total. The fourth-order valence-corrected chi connectivity index (χ4v) is 5.40. The summed E-state index contributed by atoms with van der Waals surface area (Å²) in [5, 5.41) is 2.56. The monoisotopic (exact) mass is 466 g/mol. The first-order valence-corrected chi connectivity index (χ1v) is 12.1. The third-order valence-corrected chi connectivity index (χ3v) is 6.94. The Labute approximate surface area is 206 Å². The smallest absolute Gasteiger partial charge is 0.281 e. The van der Waals surface area contributed by atoms with Crippen LogP contribution in [0.25, 0.3) is 61.0 Å². The zero-order valence-corrected chi connectivity index (χ0v) is 19.7. The first-order valence-electron chi connectivity index (χ1n) is 12.1. The Morgan fingerprint density at radius 1 is 0.667 bits per heavy atom. The molecule has 0 unspecified atom stereocenters. The Hall–Kier alpha value is -4.77. The highest BCUT2D eigenvalue weighted by molar-refractivity contribution is 6.10.